The zero-order valence-corrected chi connectivity index (χ0v) is 19.0. The summed E-state index contributed by atoms with van der Waals surface area (Å²) in [7, 11) is 0.500. The summed E-state index contributed by atoms with van der Waals surface area (Å²) in [6.07, 6.45) is 11.9. The molecule has 7 heteroatoms. The lowest BCUT2D eigenvalue weighted by molar-refractivity contribution is 0.0696. The largest absolute Gasteiger partial charge is 0.478 e. The number of benzene rings is 1. The average molecular weight is 432 g/mol. The van der Waals surface area contributed by atoms with Crippen LogP contribution in [-0.2, 0) is 0 Å². The molecule has 1 N–H and O–H groups in total. The van der Waals surface area contributed by atoms with Crippen molar-refractivity contribution in [3.8, 4) is 5.69 Å². The molecule has 30 heavy (non-hydrogen) atoms. The zero-order valence-electron chi connectivity index (χ0n) is 18.1. The number of allylic oxidation sites excluding steroid dienone is 4. The minimum Gasteiger partial charge on any atom is -0.478 e. The van der Waals surface area contributed by atoms with Crippen molar-refractivity contribution >= 4 is 36.3 Å². The summed E-state index contributed by atoms with van der Waals surface area (Å²) in [4.78, 5) is 11.6. The van der Waals surface area contributed by atoms with E-state index >= 15 is 0 Å². The Balaban J connectivity index is 0.00000198. The van der Waals surface area contributed by atoms with Gasteiger partial charge in [-0.2, -0.15) is 12.6 Å². The quantitative estimate of drug-likeness (QED) is 0.388. The molecule has 0 radical (unpaired) electrons. The number of carboxylic acids is 1. The summed E-state index contributed by atoms with van der Waals surface area (Å²) < 4.78 is 11.1. The molecule has 0 atom stereocenters. The van der Waals surface area contributed by atoms with Crippen molar-refractivity contribution in [1.29, 1.82) is 0 Å². The van der Waals surface area contributed by atoms with Crippen molar-refractivity contribution in [3.63, 3.8) is 0 Å². The molecule has 0 saturated carbocycles. The molecule has 2 rings (SSSR count). The van der Waals surface area contributed by atoms with Crippen LogP contribution in [0.3, 0.4) is 0 Å². The summed E-state index contributed by atoms with van der Waals surface area (Å²) in [6.45, 7) is 11.7. The van der Waals surface area contributed by atoms with Crippen LogP contribution in [-0.4, -0.2) is 33.2 Å². The normalized spacial score (nSPS) is 11.0. The van der Waals surface area contributed by atoms with Crippen LogP contribution < -0.4 is 0 Å². The molecule has 0 unspecified atom stereocenters. The van der Waals surface area contributed by atoms with E-state index in [2.05, 4.69) is 36.4 Å². The molecular weight excluding hydrogens is 401 g/mol. The maximum absolute atomic E-state index is 11.6. The van der Waals surface area contributed by atoms with Crippen molar-refractivity contribution in [2.75, 3.05) is 7.18 Å². The second-order valence-corrected chi connectivity index (χ2v) is 5.72. The van der Waals surface area contributed by atoms with Crippen LogP contribution in [0.5, 0.6) is 0 Å². The van der Waals surface area contributed by atoms with Gasteiger partial charge >= 0.3 is 5.97 Å². The fourth-order valence-electron chi connectivity index (χ4n) is 2.51. The van der Waals surface area contributed by atoms with E-state index in [0.29, 0.717) is 29.7 Å². The highest BCUT2D eigenvalue weighted by Crippen LogP contribution is 2.24. The lowest BCUT2D eigenvalue weighted by Crippen LogP contribution is -2.05. The van der Waals surface area contributed by atoms with Crippen molar-refractivity contribution in [3.05, 3.63) is 70.9 Å². The summed E-state index contributed by atoms with van der Waals surface area (Å²) in [5.74, 6) is -1.03. The maximum Gasteiger partial charge on any atom is 0.336 e. The lowest BCUT2D eigenvalue weighted by atomic mass is 9.99. The van der Waals surface area contributed by atoms with Gasteiger partial charge in [-0.25, -0.2) is 9.48 Å². The standard InChI is InChI=1S/C20H21N3O2S.C2H6.CH3F/c1-4-7-8-14(5-2)19-13-23(22-21-19)16-11-15(9-10-26)17(6-3)18(12-16)20(24)25;2*1-2/h5-13,26H,3-4H2,1-2H3,(H,24,25);1-2H3;1H3/b8-7-,10-9-,14-5+;;. The van der Waals surface area contributed by atoms with Crippen LogP contribution in [0.4, 0.5) is 4.39 Å². The van der Waals surface area contributed by atoms with Gasteiger partial charge in [0.05, 0.1) is 24.6 Å². The van der Waals surface area contributed by atoms with Gasteiger partial charge in [-0.15, -0.1) is 5.10 Å². The van der Waals surface area contributed by atoms with Gasteiger partial charge in [0.15, 0.2) is 0 Å². The number of alkyl halides is 1. The molecule has 0 aliphatic heterocycles. The molecule has 0 spiro atoms. The van der Waals surface area contributed by atoms with Gasteiger partial charge in [-0.1, -0.05) is 56.9 Å². The Morgan fingerprint density at radius 3 is 2.50 bits per heavy atom. The molecule has 0 aliphatic rings. The third kappa shape index (κ3) is 7.15. The predicted octanol–water partition coefficient (Wildman–Crippen LogP) is 6.49. The Labute approximate surface area is 183 Å². The second-order valence-electron chi connectivity index (χ2n) is 5.42. The Bertz CT molecular complexity index is 915. The van der Waals surface area contributed by atoms with Crippen LogP contribution >= 0.6 is 12.6 Å². The highest BCUT2D eigenvalue weighted by atomic mass is 32.1. The fourth-order valence-corrected chi connectivity index (χ4v) is 2.67. The number of hydrogen-bond acceptors (Lipinski definition) is 4. The van der Waals surface area contributed by atoms with E-state index in [1.165, 1.54) is 6.08 Å². The van der Waals surface area contributed by atoms with Crippen LogP contribution in [0.2, 0.25) is 0 Å². The highest BCUT2D eigenvalue weighted by molar-refractivity contribution is 7.83. The molecule has 0 bridgehead atoms. The molecule has 1 aromatic carbocycles. The number of aromatic carboxylic acids is 1. The van der Waals surface area contributed by atoms with Gasteiger partial charge in [-0.05, 0) is 53.7 Å². The first-order valence-corrected chi connectivity index (χ1v) is 10.1. The Morgan fingerprint density at radius 2 is 2.00 bits per heavy atom. The first-order chi connectivity index (χ1) is 14.5. The van der Waals surface area contributed by atoms with Gasteiger partial charge in [0.25, 0.3) is 0 Å². The molecule has 0 fully saturated rings. The topological polar surface area (TPSA) is 68.0 Å². The molecule has 2 aromatic rings. The Kier molecular flexibility index (Phi) is 13.5. The molecular formula is C23H30FN3O2S. The first-order valence-electron chi connectivity index (χ1n) is 9.54. The first kappa shape index (κ1) is 27.1. The van der Waals surface area contributed by atoms with Crippen LogP contribution in [0, 0.1) is 0 Å². The summed E-state index contributed by atoms with van der Waals surface area (Å²) in [5, 5.41) is 19.4. The van der Waals surface area contributed by atoms with Gasteiger partial charge < -0.3 is 5.11 Å². The van der Waals surface area contributed by atoms with E-state index in [0.717, 1.165) is 12.0 Å². The number of rotatable bonds is 7. The number of carbonyl (C=O) groups is 1. The van der Waals surface area contributed by atoms with E-state index in [1.54, 1.807) is 28.4 Å². The minimum atomic E-state index is -1.03. The van der Waals surface area contributed by atoms with Gasteiger partial charge in [0.1, 0.15) is 5.69 Å². The third-order valence-electron chi connectivity index (χ3n) is 3.78. The van der Waals surface area contributed by atoms with E-state index in [1.807, 2.05) is 45.1 Å². The third-order valence-corrected chi connectivity index (χ3v) is 3.93. The SMILES string of the molecule is C=Cc1c(/C=C\S)cc(-n2cc(C(/C=C\CC)=C/C)nn2)cc1C(=O)O.CC.CF. The van der Waals surface area contributed by atoms with Crippen molar-refractivity contribution in [1.82, 2.24) is 15.0 Å². The molecule has 162 valence electrons. The molecule has 0 aliphatic carbocycles. The van der Waals surface area contributed by atoms with Crippen LogP contribution in [0.1, 0.15) is 61.3 Å². The van der Waals surface area contributed by atoms with Gasteiger partial charge in [0.2, 0.25) is 0 Å². The van der Waals surface area contributed by atoms with Crippen LogP contribution in [0.25, 0.3) is 23.4 Å². The average Bonchev–Trinajstić information content (AvgIpc) is 3.27. The van der Waals surface area contributed by atoms with Gasteiger partial charge in [-0.3, -0.25) is 4.39 Å². The number of nitrogens with zero attached hydrogens (tertiary/aromatic N) is 3. The van der Waals surface area contributed by atoms with E-state index in [4.69, 9.17) is 0 Å². The van der Waals surface area contributed by atoms with Crippen molar-refractivity contribution in [2.45, 2.75) is 34.1 Å². The second kappa shape index (κ2) is 15.0. The summed E-state index contributed by atoms with van der Waals surface area (Å²) in [5.41, 5.74) is 3.64. The number of carboxylic acid groups (broad SMARTS) is 1. The monoisotopic (exact) mass is 431 g/mol. The lowest BCUT2D eigenvalue weighted by Gasteiger charge is -2.10. The number of aromatic nitrogens is 3. The van der Waals surface area contributed by atoms with Gasteiger partial charge in [0, 0.05) is 0 Å². The molecule has 5 nitrogen and oxygen atoms in total. The smallest absolute Gasteiger partial charge is 0.336 e. The van der Waals surface area contributed by atoms with Crippen LogP contribution in [0.15, 0.2) is 48.5 Å². The van der Waals surface area contributed by atoms with E-state index in [9.17, 15) is 14.3 Å². The summed E-state index contributed by atoms with van der Waals surface area (Å²) in [6, 6.07) is 3.39. The number of halogens is 1. The number of hydrogen-bond donors (Lipinski definition) is 2. The zero-order chi connectivity index (χ0) is 23.1. The fraction of sp³-hybridized carbons (Fsp3) is 0.261. The van der Waals surface area contributed by atoms with Crippen molar-refractivity contribution in [2.24, 2.45) is 0 Å². The number of thiol groups is 1. The maximum atomic E-state index is 11.6. The minimum absolute atomic E-state index is 0.146. The highest BCUT2D eigenvalue weighted by Gasteiger charge is 2.15. The Morgan fingerprint density at radius 1 is 1.33 bits per heavy atom. The predicted molar refractivity (Wildman–Crippen MR) is 128 cm³/mol. The molecule has 0 saturated heterocycles. The molecule has 1 aromatic heterocycles. The summed E-state index contributed by atoms with van der Waals surface area (Å²) >= 11 is 4.09. The van der Waals surface area contributed by atoms with Crippen molar-refractivity contribution < 1.29 is 14.3 Å². The Hall–Kier alpha value is -2.93. The van der Waals surface area contributed by atoms with E-state index in [-0.39, 0.29) is 5.56 Å². The molecule has 0 amide bonds. The molecule has 1 heterocycles. The van der Waals surface area contributed by atoms with E-state index < -0.39 is 5.97 Å².